The number of unbranched alkanes of at least 4 members (excludes halogenated alkanes) is 2. The quantitative estimate of drug-likeness (QED) is 0.0125. The molecule has 0 aromatic heterocycles. The second-order valence-corrected chi connectivity index (χ2v) is 36.9. The molecule has 822 valence electrons. The predicted octanol–water partition coefficient (Wildman–Crippen LogP) is -12.6. The first-order chi connectivity index (χ1) is 69.3. The maximum Gasteiger partial charge on any atom is 0.305 e. The summed E-state index contributed by atoms with van der Waals surface area (Å²) < 4.78 is 0. The highest BCUT2D eigenvalue weighted by Crippen LogP contribution is 2.21. The van der Waals surface area contributed by atoms with Crippen LogP contribution in [-0.2, 0) is 107 Å². The molecule has 1 aliphatic heterocycles. The smallest absolute Gasteiger partial charge is 0.305 e. The second-order valence-electron chi connectivity index (χ2n) is 34.6. The molecule has 146 heavy (non-hydrogen) atoms. The van der Waals surface area contributed by atoms with Gasteiger partial charge in [-0.25, -0.2) is 0 Å². The number of amides is 20. The lowest BCUT2D eigenvalue weighted by molar-refractivity contribution is -0.142. The Morgan fingerprint density at radius 1 is 0.432 bits per heavy atom. The van der Waals surface area contributed by atoms with Gasteiger partial charge in [-0.15, -0.1) is 0 Å². The summed E-state index contributed by atoms with van der Waals surface area (Å²) in [5, 5.41) is 113. The number of thiol groups is 1. The Morgan fingerprint density at radius 3 is 1.25 bits per heavy atom. The van der Waals surface area contributed by atoms with E-state index in [1.807, 2.05) is 0 Å². The van der Waals surface area contributed by atoms with Crippen LogP contribution in [0.15, 0.2) is 30.3 Å². The molecule has 0 saturated carbocycles. The molecule has 17 atom stereocenters. The average Bonchev–Trinajstić information content (AvgIpc) is 1.63. The highest BCUT2D eigenvalue weighted by atomic mass is 32.2. The lowest BCUT2D eigenvalue weighted by atomic mass is 9.97. The zero-order valence-corrected chi connectivity index (χ0v) is 85.5. The lowest BCUT2D eigenvalue weighted by Gasteiger charge is -2.29. The standard InChI is InChI=1S/C88H151N29O26S3/c1-7-48(4)70(85(142)114-61(45-121)73(130)97-33-35-118)116-79(136)54(23-16-32-99-88(95)96)107-81(138)59(39-68(126)127)113-78(135)56(27-36-145-5)108-76(133)52(20-11-13-29-89)106-75(132)51(22-15-31-98-87(93)94)103-65(123)40-101-72(129)58(38-49-18-9-8-10-19-49)112-82(139)62(46-144)105-67(125)42-102-74(131)60(44-120)104-66(124)41-100-71(128)55(25-26-64(92)122)111-84(141)69(47(2)3)115-80(137)57(28-37-146-6)109-77(134)53(21-12-14-30-90)110-83(140)63-24-17-34-117(63)86(143)50(91)43-119/h8-10,18-19,47-48,50-63,69-70,118-121,144H,7,11-17,20-46,89-91H2,1-6H3,(H2,92,122)(H,97,130)(H,100,128)(H,101,129)(H,102,131)(H,103,123)(H,104,124)(H,105,125)(H,106,132)(H,107,138)(H,108,133)(H,109,134)(H,110,140)(H,111,141)(H,112,139)(H,113,135)(H,114,142)(H,115,137)(H,116,136)(H,126,127)(H4,93,94,98)(H4,95,96,99). The molecular formula is C88H151N29O26S3. The van der Waals surface area contributed by atoms with Crippen molar-refractivity contribution in [3.8, 4) is 0 Å². The lowest BCUT2D eigenvalue weighted by Crippen LogP contribution is -2.61. The van der Waals surface area contributed by atoms with Crippen molar-refractivity contribution in [1.29, 1.82) is 10.8 Å². The number of carboxylic acids is 1. The van der Waals surface area contributed by atoms with Crippen molar-refractivity contribution in [2.75, 3.05) is 115 Å². The average molecular weight is 2130 g/mol. The van der Waals surface area contributed by atoms with E-state index in [1.165, 1.54) is 28.4 Å². The Kier molecular flexibility index (Phi) is 63.7. The normalized spacial score (nSPS) is 15.4. The summed E-state index contributed by atoms with van der Waals surface area (Å²) in [6.45, 7) is 0.760. The van der Waals surface area contributed by atoms with Gasteiger partial charge in [-0.2, -0.15) is 36.2 Å². The predicted molar refractivity (Wildman–Crippen MR) is 539 cm³/mol. The summed E-state index contributed by atoms with van der Waals surface area (Å²) >= 11 is 6.76. The number of benzene rings is 1. The van der Waals surface area contributed by atoms with Gasteiger partial charge in [-0.3, -0.25) is 112 Å². The van der Waals surface area contributed by atoms with Gasteiger partial charge in [0.1, 0.15) is 96.7 Å². The van der Waals surface area contributed by atoms with E-state index >= 15 is 0 Å². The van der Waals surface area contributed by atoms with E-state index < -0.39 is 316 Å². The largest absolute Gasteiger partial charge is 0.481 e. The number of primary amides is 1. The van der Waals surface area contributed by atoms with Crippen LogP contribution in [0, 0.1) is 22.7 Å². The topological polar surface area (TPSA) is 907 Å². The van der Waals surface area contributed by atoms with Crippen LogP contribution >= 0.6 is 36.2 Å². The summed E-state index contributed by atoms with van der Waals surface area (Å²) in [5.74, 6) is -23.3. The van der Waals surface area contributed by atoms with Crippen molar-refractivity contribution >= 4 is 172 Å². The number of nitrogens with one attached hydrogen (secondary N) is 22. The van der Waals surface area contributed by atoms with Crippen LogP contribution < -0.4 is 141 Å². The molecule has 1 heterocycles. The third kappa shape index (κ3) is 50.0. The summed E-state index contributed by atoms with van der Waals surface area (Å²) in [7, 11) is 0. The van der Waals surface area contributed by atoms with Gasteiger partial charge in [0.15, 0.2) is 11.9 Å². The van der Waals surface area contributed by atoms with Crippen molar-refractivity contribution < 1.29 is 126 Å². The van der Waals surface area contributed by atoms with Crippen LogP contribution in [0.3, 0.4) is 0 Å². The molecule has 0 bridgehead atoms. The molecule has 58 heteroatoms. The van der Waals surface area contributed by atoms with Crippen molar-refractivity contribution in [3.05, 3.63) is 35.9 Å². The number of hydrogen-bond donors (Lipinski definition) is 34. The maximum absolute atomic E-state index is 14.6. The fourth-order valence-corrected chi connectivity index (χ4v) is 15.6. The maximum atomic E-state index is 14.6. The minimum Gasteiger partial charge on any atom is -0.481 e. The van der Waals surface area contributed by atoms with Crippen LogP contribution in [0.25, 0.3) is 0 Å². The highest BCUT2D eigenvalue weighted by Gasteiger charge is 2.42. The molecule has 17 unspecified atom stereocenters. The monoisotopic (exact) mass is 2130 g/mol. The number of likely N-dealkylation sites (tertiary alicyclic amines) is 1. The zero-order valence-electron chi connectivity index (χ0n) is 83.0. The van der Waals surface area contributed by atoms with Crippen LogP contribution in [0.4, 0.5) is 0 Å². The van der Waals surface area contributed by atoms with E-state index in [4.69, 9.17) is 45.2 Å². The Bertz CT molecular complexity index is 4470. The fourth-order valence-electron chi connectivity index (χ4n) is 14.4. The molecule has 39 N–H and O–H groups in total. The number of carbonyl (C=O) groups is 21. The number of thioether (sulfide) groups is 2. The number of aliphatic carboxylic acids is 1. The molecule has 1 fully saturated rings. The first kappa shape index (κ1) is 129. The van der Waals surface area contributed by atoms with Crippen LogP contribution in [-0.4, -0.2) is 378 Å². The number of hydrogen-bond acceptors (Lipinski definition) is 33. The van der Waals surface area contributed by atoms with Crippen molar-refractivity contribution in [3.63, 3.8) is 0 Å². The number of nitrogens with zero attached hydrogens (tertiary/aromatic N) is 1. The third-order valence-electron chi connectivity index (χ3n) is 22.7. The van der Waals surface area contributed by atoms with E-state index in [1.54, 1.807) is 70.5 Å². The van der Waals surface area contributed by atoms with E-state index in [0.717, 1.165) is 0 Å². The van der Waals surface area contributed by atoms with Gasteiger partial charge >= 0.3 is 5.97 Å². The third-order valence-corrected chi connectivity index (χ3v) is 24.4. The number of guanidine groups is 2. The molecule has 20 amide bonds. The van der Waals surface area contributed by atoms with E-state index in [9.17, 15) is 126 Å². The van der Waals surface area contributed by atoms with E-state index in [2.05, 4.69) is 119 Å². The zero-order chi connectivity index (χ0) is 110. The van der Waals surface area contributed by atoms with Crippen molar-refractivity contribution in [2.45, 2.75) is 246 Å². The Balaban J connectivity index is 2.35. The van der Waals surface area contributed by atoms with Gasteiger partial charge in [0, 0.05) is 44.8 Å². The molecule has 1 aromatic carbocycles. The summed E-state index contributed by atoms with van der Waals surface area (Å²) in [6, 6.07) is -15.9. The summed E-state index contributed by atoms with van der Waals surface area (Å²) in [4.78, 5) is 290. The first-order valence-corrected chi connectivity index (χ1v) is 51.3. The fraction of sp³-hybridized carbons (Fsp3) is 0.670. The Morgan fingerprint density at radius 2 is 0.808 bits per heavy atom. The molecule has 2 rings (SSSR count). The molecule has 0 aliphatic carbocycles. The molecule has 1 aromatic rings. The highest BCUT2D eigenvalue weighted by molar-refractivity contribution is 7.98. The molecule has 1 aliphatic rings. The molecule has 0 radical (unpaired) electrons. The second kappa shape index (κ2) is 71.8. The number of rotatable bonds is 74. The van der Waals surface area contributed by atoms with Crippen LogP contribution in [0.5, 0.6) is 0 Å². The summed E-state index contributed by atoms with van der Waals surface area (Å²) in [6.07, 6.45) is 2.63. The van der Waals surface area contributed by atoms with Crippen LogP contribution in [0.1, 0.15) is 149 Å². The molecule has 1 saturated heterocycles. The number of nitrogens with two attached hydrogens (primary N) is 6. The van der Waals surface area contributed by atoms with E-state index in [-0.39, 0.29) is 122 Å². The summed E-state index contributed by atoms with van der Waals surface area (Å²) in [5.41, 5.74) is 34.2. The number of carboxylic acid groups (broad SMARTS) is 1. The van der Waals surface area contributed by atoms with Gasteiger partial charge in [0.2, 0.25) is 118 Å². The van der Waals surface area contributed by atoms with E-state index in [0.29, 0.717) is 37.0 Å². The first-order valence-electron chi connectivity index (χ1n) is 47.8. The van der Waals surface area contributed by atoms with Crippen LogP contribution in [0.2, 0.25) is 0 Å². The number of carbonyl (C=O) groups excluding carboxylic acids is 20. The molecule has 0 spiro atoms. The van der Waals surface area contributed by atoms with Gasteiger partial charge in [0.05, 0.1) is 52.5 Å². The molecular weight excluding hydrogens is 1980 g/mol. The van der Waals surface area contributed by atoms with Crippen molar-refractivity contribution in [1.82, 2.24) is 111 Å². The number of aliphatic hydroxyl groups excluding tert-OH is 4. The molecule has 55 nitrogen and oxygen atoms in total. The minimum absolute atomic E-state index is 0.00640. The minimum atomic E-state index is -1.98. The van der Waals surface area contributed by atoms with Crippen molar-refractivity contribution in [2.24, 2.45) is 46.2 Å². The van der Waals surface area contributed by atoms with Gasteiger partial charge in [0.25, 0.3) is 0 Å². The van der Waals surface area contributed by atoms with Gasteiger partial charge in [-0.1, -0.05) is 64.4 Å². The SMILES string of the molecule is CCC(C)C(NC(=O)C(CCCNC(=N)N)NC(=O)C(CC(=O)O)NC(=O)C(CCSC)NC(=O)C(CCCCN)NC(=O)C(CCCNC(=N)N)NC(=O)CNC(=O)C(Cc1ccccc1)NC(=O)C(CS)NC(=O)CNC(=O)C(CO)NC(=O)CNC(=O)C(CCC(N)=O)NC(=O)C(NC(=O)C(CCSC)NC(=O)C(CCCCN)NC(=O)C1CCCN1C(=O)C(N)CO)C(C)C)C(=O)NC(CO)C(=O)NCCO. The Labute approximate surface area is 859 Å². The number of aliphatic hydroxyl groups is 4. The van der Waals surface area contributed by atoms with Gasteiger partial charge in [-0.05, 0) is 151 Å². The Hall–Kier alpha value is -12.6. The van der Waals surface area contributed by atoms with Gasteiger partial charge < -0.3 is 171 Å².